The SMILES string of the molecule is CCCC(C)(CCOC(C)(C)CC)OC(=O)NC(CCC(=O)O)C(=O)OC1=CC[C@@]2(O)[C@@H]3CCC[C@@]24c2c(ccc(OC)c2O[C@@H]14)C3. The first-order valence-electron chi connectivity index (χ1n) is 17.1. The van der Waals surface area contributed by atoms with E-state index in [-0.39, 0.29) is 36.5 Å². The van der Waals surface area contributed by atoms with E-state index in [1.807, 2.05) is 46.8 Å². The van der Waals surface area contributed by atoms with Crippen molar-refractivity contribution in [3.05, 3.63) is 35.1 Å². The zero-order valence-corrected chi connectivity index (χ0v) is 28.6. The van der Waals surface area contributed by atoms with E-state index < -0.39 is 46.8 Å². The molecule has 1 spiro atoms. The highest BCUT2D eigenvalue weighted by atomic mass is 16.6. The third kappa shape index (κ3) is 6.45. The van der Waals surface area contributed by atoms with Crippen LogP contribution in [-0.2, 0) is 35.6 Å². The van der Waals surface area contributed by atoms with Crippen LogP contribution >= 0.6 is 0 Å². The van der Waals surface area contributed by atoms with Gasteiger partial charge in [0.1, 0.15) is 17.4 Å². The Bertz CT molecular complexity index is 1410. The van der Waals surface area contributed by atoms with Gasteiger partial charge in [-0.15, -0.1) is 0 Å². The number of aliphatic carboxylic acids is 1. The quantitative estimate of drug-likeness (QED) is 0.200. The number of hydrogen-bond acceptors (Lipinski definition) is 9. The summed E-state index contributed by atoms with van der Waals surface area (Å²) in [4.78, 5) is 38.6. The third-order valence-electron chi connectivity index (χ3n) is 11.0. The lowest BCUT2D eigenvalue weighted by molar-refractivity contribution is -0.161. The maximum atomic E-state index is 13.8. The Morgan fingerprint density at radius 1 is 1.17 bits per heavy atom. The number of carboxylic acids is 1. The molecule has 1 aliphatic heterocycles. The molecule has 1 heterocycles. The predicted octanol–water partition coefficient (Wildman–Crippen LogP) is 5.73. The number of carbonyl (C=O) groups excluding carboxylic acids is 2. The molecule has 2 bridgehead atoms. The second-order valence-corrected chi connectivity index (χ2v) is 14.5. The number of nitrogens with one attached hydrogen (secondary N) is 1. The first kappa shape index (κ1) is 35.0. The van der Waals surface area contributed by atoms with Gasteiger partial charge in [0, 0.05) is 18.4 Å². The molecule has 2 unspecified atom stereocenters. The van der Waals surface area contributed by atoms with E-state index in [1.165, 1.54) is 0 Å². The fourth-order valence-corrected chi connectivity index (χ4v) is 8.18. The molecule has 1 saturated carbocycles. The number of benzene rings is 1. The fraction of sp³-hybridized carbons (Fsp3) is 0.694. The largest absolute Gasteiger partial charge is 0.493 e. The molecule has 1 aromatic rings. The molecule has 5 rings (SSSR count). The smallest absolute Gasteiger partial charge is 0.408 e. The molecular formula is C36H51NO10. The Kier molecular flexibility index (Phi) is 9.91. The lowest BCUT2D eigenvalue weighted by Gasteiger charge is -2.59. The summed E-state index contributed by atoms with van der Waals surface area (Å²) in [6, 6.07) is 2.62. The maximum absolute atomic E-state index is 13.8. The van der Waals surface area contributed by atoms with Crippen molar-refractivity contribution in [1.82, 2.24) is 5.32 Å². The van der Waals surface area contributed by atoms with Gasteiger partial charge < -0.3 is 39.2 Å². The monoisotopic (exact) mass is 657 g/mol. The van der Waals surface area contributed by atoms with Crippen LogP contribution in [0.3, 0.4) is 0 Å². The number of carboxylic acid groups (broad SMARTS) is 1. The molecule has 3 N–H and O–H groups in total. The standard InChI is InChI=1S/C36H51NO10/c1-7-16-34(5,19-20-44-33(3,4)8-2)47-32(41)37-24(12-14-27(38)39)31(40)45-26-15-18-36(42)23-10-9-17-35(36)28-22(21-23)11-13-25(43-6)29(28)46-30(26)35/h11,13,15,23-24,30,42H,7-10,12,14,16-21H2,1-6H3,(H,37,41)(H,38,39)/t23-,24?,30+,34?,35+,36-/m1/s1. The van der Waals surface area contributed by atoms with E-state index in [9.17, 15) is 24.6 Å². The van der Waals surface area contributed by atoms with Gasteiger partial charge >= 0.3 is 18.0 Å². The molecule has 0 saturated heterocycles. The lowest BCUT2D eigenvalue weighted by Crippen LogP contribution is -2.67. The number of esters is 1. The lowest BCUT2D eigenvalue weighted by atomic mass is 9.47. The Morgan fingerprint density at radius 2 is 1.94 bits per heavy atom. The van der Waals surface area contributed by atoms with Gasteiger partial charge in [-0.3, -0.25) is 4.79 Å². The summed E-state index contributed by atoms with van der Waals surface area (Å²) in [6.45, 7) is 10.3. The van der Waals surface area contributed by atoms with Crippen molar-refractivity contribution in [3.63, 3.8) is 0 Å². The van der Waals surface area contributed by atoms with Gasteiger partial charge in [0.2, 0.25) is 0 Å². The second-order valence-electron chi connectivity index (χ2n) is 14.5. The average molecular weight is 658 g/mol. The minimum atomic E-state index is -1.29. The van der Waals surface area contributed by atoms with Crippen LogP contribution in [0.2, 0.25) is 0 Å². The Hall–Kier alpha value is -3.31. The highest BCUT2D eigenvalue weighted by Gasteiger charge is 2.71. The summed E-state index contributed by atoms with van der Waals surface area (Å²) < 4.78 is 30.1. The molecular weight excluding hydrogens is 606 g/mol. The minimum absolute atomic E-state index is 0.0262. The highest BCUT2D eigenvalue weighted by Crippen LogP contribution is 2.67. The second kappa shape index (κ2) is 13.3. The van der Waals surface area contributed by atoms with Crippen LogP contribution in [0.15, 0.2) is 24.0 Å². The maximum Gasteiger partial charge on any atom is 0.408 e. The Balaban J connectivity index is 1.35. The van der Waals surface area contributed by atoms with Crippen molar-refractivity contribution < 1.29 is 48.3 Å². The zero-order valence-electron chi connectivity index (χ0n) is 28.6. The first-order chi connectivity index (χ1) is 22.2. The van der Waals surface area contributed by atoms with Crippen molar-refractivity contribution in [2.24, 2.45) is 5.92 Å². The van der Waals surface area contributed by atoms with Gasteiger partial charge in [-0.1, -0.05) is 32.8 Å². The number of methoxy groups -OCH3 is 1. The van der Waals surface area contributed by atoms with Crippen molar-refractivity contribution in [1.29, 1.82) is 0 Å². The van der Waals surface area contributed by atoms with Crippen LogP contribution < -0.4 is 14.8 Å². The molecule has 3 aliphatic carbocycles. The molecule has 1 aromatic carbocycles. The summed E-state index contributed by atoms with van der Waals surface area (Å²) in [6.07, 6.45) is 5.55. The van der Waals surface area contributed by atoms with E-state index >= 15 is 0 Å². The van der Waals surface area contributed by atoms with E-state index in [0.717, 1.165) is 43.2 Å². The first-order valence-corrected chi connectivity index (χ1v) is 17.1. The minimum Gasteiger partial charge on any atom is -0.493 e. The van der Waals surface area contributed by atoms with Crippen LogP contribution in [0.5, 0.6) is 11.5 Å². The molecule has 0 aromatic heterocycles. The van der Waals surface area contributed by atoms with E-state index in [4.69, 9.17) is 23.7 Å². The van der Waals surface area contributed by atoms with Crippen molar-refractivity contribution in [3.8, 4) is 11.5 Å². The highest BCUT2D eigenvalue weighted by molar-refractivity contribution is 5.83. The van der Waals surface area contributed by atoms with Gasteiger partial charge in [-0.25, -0.2) is 9.59 Å². The average Bonchev–Trinajstić information content (AvgIpc) is 3.35. The van der Waals surface area contributed by atoms with Crippen LogP contribution in [0, 0.1) is 5.92 Å². The number of rotatable bonds is 15. The number of amides is 1. The number of carbonyl (C=O) groups is 3. The number of alkyl carbamates (subject to hydrolysis) is 1. The molecule has 11 nitrogen and oxygen atoms in total. The molecule has 1 fully saturated rings. The predicted molar refractivity (Wildman–Crippen MR) is 172 cm³/mol. The Labute approximate surface area is 277 Å². The third-order valence-corrected chi connectivity index (χ3v) is 11.0. The normalized spacial score (nSPS) is 27.3. The van der Waals surface area contributed by atoms with Crippen molar-refractivity contribution >= 4 is 18.0 Å². The van der Waals surface area contributed by atoms with Gasteiger partial charge in [-0.2, -0.15) is 0 Å². The van der Waals surface area contributed by atoms with Crippen LogP contribution in [-0.4, -0.2) is 70.9 Å². The van der Waals surface area contributed by atoms with Crippen molar-refractivity contribution in [2.75, 3.05) is 13.7 Å². The van der Waals surface area contributed by atoms with Crippen LogP contribution in [0.4, 0.5) is 4.79 Å². The molecule has 260 valence electrons. The summed E-state index contributed by atoms with van der Waals surface area (Å²) in [5.41, 5.74) is -1.05. The van der Waals surface area contributed by atoms with Gasteiger partial charge in [0.15, 0.2) is 17.6 Å². The topological polar surface area (TPSA) is 150 Å². The summed E-state index contributed by atoms with van der Waals surface area (Å²) in [5, 5.41) is 24.3. The molecule has 47 heavy (non-hydrogen) atoms. The van der Waals surface area contributed by atoms with E-state index in [2.05, 4.69) is 5.32 Å². The molecule has 6 atom stereocenters. The van der Waals surface area contributed by atoms with E-state index in [1.54, 1.807) is 13.2 Å². The fourth-order valence-electron chi connectivity index (χ4n) is 8.18. The molecule has 0 radical (unpaired) electrons. The van der Waals surface area contributed by atoms with Gasteiger partial charge in [0.05, 0.1) is 30.3 Å². The van der Waals surface area contributed by atoms with E-state index in [0.29, 0.717) is 37.4 Å². The Morgan fingerprint density at radius 3 is 2.62 bits per heavy atom. The van der Waals surface area contributed by atoms with Crippen LogP contribution in [0.1, 0.15) is 110 Å². The van der Waals surface area contributed by atoms with Gasteiger partial charge in [-0.05, 0) is 89.3 Å². The summed E-state index contributed by atoms with van der Waals surface area (Å²) in [5.74, 6) is -0.562. The zero-order chi connectivity index (χ0) is 34.2. The molecule has 1 amide bonds. The van der Waals surface area contributed by atoms with Crippen LogP contribution in [0.25, 0.3) is 0 Å². The van der Waals surface area contributed by atoms with Gasteiger partial charge in [0.25, 0.3) is 0 Å². The summed E-state index contributed by atoms with van der Waals surface area (Å²) >= 11 is 0. The molecule has 11 heteroatoms. The summed E-state index contributed by atoms with van der Waals surface area (Å²) in [7, 11) is 1.57. The molecule has 4 aliphatic rings. The number of aliphatic hydroxyl groups is 1. The number of hydrogen-bond donors (Lipinski definition) is 3. The number of ether oxygens (including phenoxy) is 5. The van der Waals surface area contributed by atoms with Crippen molar-refractivity contribution in [2.45, 2.75) is 140 Å².